The van der Waals surface area contributed by atoms with Gasteiger partial charge in [-0.15, -0.1) is 0 Å². The number of rotatable bonds is 6. The van der Waals surface area contributed by atoms with Crippen LogP contribution in [-0.4, -0.2) is 33.7 Å². The maximum Gasteiger partial charge on any atom is 0.289 e. The first-order chi connectivity index (χ1) is 15.4. The zero-order valence-electron chi connectivity index (χ0n) is 17.1. The molecular formula is C23H20N4O4S. The zero-order chi connectivity index (χ0) is 22.3. The molecule has 9 heteroatoms. The Kier molecular flexibility index (Phi) is 4.99. The van der Waals surface area contributed by atoms with Gasteiger partial charge in [0.2, 0.25) is 0 Å². The smallest absolute Gasteiger partial charge is 0.289 e. The number of benzene rings is 3. The highest BCUT2D eigenvalue weighted by atomic mass is 32.2. The van der Waals surface area contributed by atoms with Crippen molar-refractivity contribution in [1.82, 2.24) is 13.9 Å². The highest BCUT2D eigenvalue weighted by Gasteiger charge is 2.31. The predicted molar refractivity (Wildman–Crippen MR) is 120 cm³/mol. The summed E-state index contributed by atoms with van der Waals surface area (Å²) in [5.74, 6) is 0.361. The van der Waals surface area contributed by atoms with Gasteiger partial charge in [0.05, 0.1) is 16.0 Å². The molecule has 0 radical (unpaired) electrons. The fraction of sp³-hybridized carbons (Fsp3) is 0.174. The summed E-state index contributed by atoms with van der Waals surface area (Å²) in [5, 5.41) is 11.5. The first-order valence-electron chi connectivity index (χ1n) is 10.2. The molecule has 8 nitrogen and oxygen atoms in total. The molecule has 1 aliphatic heterocycles. The van der Waals surface area contributed by atoms with Crippen LogP contribution in [0, 0.1) is 10.1 Å². The fourth-order valence-corrected chi connectivity index (χ4v) is 5.90. The number of fused-ring (bicyclic) bond motifs is 2. The maximum absolute atomic E-state index is 13.6. The Morgan fingerprint density at radius 3 is 2.25 bits per heavy atom. The number of para-hydroxylation sites is 3. The Morgan fingerprint density at radius 1 is 0.906 bits per heavy atom. The minimum atomic E-state index is -4.23. The molecule has 0 N–H and O–H groups in total. The highest BCUT2D eigenvalue weighted by molar-refractivity contribution is 7.90. The Hall–Kier alpha value is -3.56. The number of imidazole rings is 1. The molecule has 32 heavy (non-hydrogen) atoms. The molecule has 0 saturated carbocycles. The van der Waals surface area contributed by atoms with Gasteiger partial charge in [0.1, 0.15) is 5.82 Å². The van der Waals surface area contributed by atoms with Gasteiger partial charge >= 0.3 is 0 Å². The lowest BCUT2D eigenvalue weighted by molar-refractivity contribution is -0.387. The molecule has 4 aromatic rings. The average molecular weight is 449 g/mol. The molecule has 1 aliphatic rings. The van der Waals surface area contributed by atoms with Crippen LogP contribution in [0.2, 0.25) is 0 Å². The molecule has 2 heterocycles. The molecular weight excluding hydrogens is 428 g/mol. The van der Waals surface area contributed by atoms with E-state index in [0.29, 0.717) is 29.8 Å². The first-order valence-corrected chi connectivity index (χ1v) is 11.6. The zero-order valence-corrected chi connectivity index (χ0v) is 17.9. The lowest BCUT2D eigenvalue weighted by atomic mass is 10.1. The average Bonchev–Trinajstić information content (AvgIpc) is 3.38. The van der Waals surface area contributed by atoms with Crippen molar-refractivity contribution in [3.8, 4) is 0 Å². The Balaban J connectivity index is 1.54. The third kappa shape index (κ3) is 3.45. The van der Waals surface area contributed by atoms with Crippen LogP contribution < -0.4 is 0 Å². The predicted octanol–water partition coefficient (Wildman–Crippen LogP) is 3.74. The van der Waals surface area contributed by atoms with E-state index in [4.69, 9.17) is 0 Å². The number of nitro groups is 1. The summed E-state index contributed by atoms with van der Waals surface area (Å²) in [6.07, 6.45) is 0.391. The molecule has 0 fully saturated rings. The number of nitrogens with zero attached hydrogens (tertiary/aromatic N) is 4. The molecule has 3 aromatic carbocycles. The van der Waals surface area contributed by atoms with Crippen LogP contribution in [0.4, 0.5) is 5.69 Å². The summed E-state index contributed by atoms with van der Waals surface area (Å²) in [6.45, 7) is 2.21. The van der Waals surface area contributed by atoms with Gasteiger partial charge in [-0.1, -0.05) is 48.5 Å². The van der Waals surface area contributed by atoms with Crippen molar-refractivity contribution in [2.24, 2.45) is 0 Å². The lowest BCUT2D eigenvalue weighted by Gasteiger charge is -2.15. The maximum atomic E-state index is 13.6. The molecule has 0 saturated heterocycles. The molecule has 0 bridgehead atoms. The summed E-state index contributed by atoms with van der Waals surface area (Å²) in [7, 11) is -4.23. The van der Waals surface area contributed by atoms with E-state index >= 15 is 0 Å². The quantitative estimate of drug-likeness (QED) is 0.329. The van der Waals surface area contributed by atoms with Crippen molar-refractivity contribution in [2.45, 2.75) is 24.4 Å². The molecule has 1 aromatic heterocycles. The minimum absolute atomic E-state index is 0.344. The van der Waals surface area contributed by atoms with Gasteiger partial charge in [0.25, 0.3) is 15.7 Å². The van der Waals surface area contributed by atoms with Crippen LogP contribution >= 0.6 is 0 Å². The minimum Gasteiger partial charge on any atom is -0.294 e. The summed E-state index contributed by atoms with van der Waals surface area (Å²) in [6, 6.07) is 20.6. The van der Waals surface area contributed by atoms with Crippen molar-refractivity contribution in [3.63, 3.8) is 0 Å². The van der Waals surface area contributed by atoms with E-state index in [-0.39, 0.29) is 4.90 Å². The summed E-state index contributed by atoms with van der Waals surface area (Å²) < 4.78 is 28.4. The van der Waals surface area contributed by atoms with Gasteiger partial charge in [-0.3, -0.25) is 15.0 Å². The largest absolute Gasteiger partial charge is 0.294 e. The lowest BCUT2D eigenvalue weighted by Crippen LogP contribution is -2.23. The van der Waals surface area contributed by atoms with Gasteiger partial charge in [-0.05, 0) is 29.3 Å². The van der Waals surface area contributed by atoms with Crippen LogP contribution in [0.5, 0.6) is 0 Å². The standard InChI is InChI=1S/C23H20N4O4S/c28-27(29)21-11-5-6-12-22(21)32(30,31)26-20-10-4-3-9-19(20)24-23(26)13-14-25-15-17-7-1-2-8-18(17)16-25/h1-12H,13-16H2. The Morgan fingerprint density at radius 2 is 1.53 bits per heavy atom. The van der Waals surface area contributed by atoms with Crippen LogP contribution in [0.25, 0.3) is 11.0 Å². The van der Waals surface area contributed by atoms with Crippen molar-refractivity contribution in [3.05, 3.63) is 99.9 Å². The third-order valence-electron chi connectivity index (χ3n) is 5.72. The van der Waals surface area contributed by atoms with E-state index in [9.17, 15) is 18.5 Å². The topological polar surface area (TPSA) is 98.3 Å². The molecule has 0 spiro atoms. The fourth-order valence-electron chi connectivity index (χ4n) is 4.22. The molecule has 0 aliphatic carbocycles. The normalized spacial score (nSPS) is 14.0. The second kappa shape index (κ2) is 7.85. The number of aromatic nitrogens is 2. The molecule has 162 valence electrons. The van der Waals surface area contributed by atoms with Crippen molar-refractivity contribution in [2.75, 3.05) is 6.54 Å². The number of nitro benzene ring substituents is 1. The number of hydrogen-bond donors (Lipinski definition) is 0. The van der Waals surface area contributed by atoms with E-state index in [1.807, 2.05) is 12.1 Å². The van der Waals surface area contributed by atoms with Crippen LogP contribution in [0.3, 0.4) is 0 Å². The van der Waals surface area contributed by atoms with E-state index < -0.39 is 20.6 Å². The van der Waals surface area contributed by atoms with E-state index in [1.165, 1.54) is 35.4 Å². The first kappa shape index (κ1) is 20.3. The van der Waals surface area contributed by atoms with Crippen molar-refractivity contribution in [1.29, 1.82) is 0 Å². The molecule has 5 rings (SSSR count). The summed E-state index contributed by atoms with van der Waals surface area (Å²) in [4.78, 5) is 17.3. The Labute approximate surface area is 184 Å². The molecule has 0 amide bonds. The second-order valence-electron chi connectivity index (χ2n) is 7.74. The monoisotopic (exact) mass is 448 g/mol. The SMILES string of the molecule is O=[N+]([O-])c1ccccc1S(=O)(=O)n1c(CCN2Cc3ccccc3C2)nc2ccccc21. The van der Waals surface area contributed by atoms with Gasteiger partial charge in [0.15, 0.2) is 4.90 Å². The highest BCUT2D eigenvalue weighted by Crippen LogP contribution is 2.30. The molecule has 0 atom stereocenters. The van der Waals surface area contributed by atoms with Crippen molar-refractivity contribution < 1.29 is 13.3 Å². The second-order valence-corrected chi connectivity index (χ2v) is 9.50. The van der Waals surface area contributed by atoms with Gasteiger partial charge in [0, 0.05) is 32.1 Å². The third-order valence-corrected chi connectivity index (χ3v) is 7.51. The summed E-state index contributed by atoms with van der Waals surface area (Å²) >= 11 is 0. The Bertz CT molecular complexity index is 1420. The number of hydrogen-bond acceptors (Lipinski definition) is 6. The summed E-state index contributed by atoms with van der Waals surface area (Å²) in [5.41, 5.74) is 3.04. The van der Waals surface area contributed by atoms with E-state index in [1.54, 1.807) is 24.3 Å². The van der Waals surface area contributed by atoms with E-state index in [2.05, 4.69) is 22.0 Å². The van der Waals surface area contributed by atoms with Gasteiger partial charge < -0.3 is 0 Å². The van der Waals surface area contributed by atoms with Crippen molar-refractivity contribution >= 4 is 26.7 Å². The molecule has 0 unspecified atom stereocenters. The van der Waals surface area contributed by atoms with Crippen LogP contribution in [0.15, 0.2) is 77.7 Å². The van der Waals surface area contributed by atoms with Gasteiger partial charge in [-0.2, -0.15) is 0 Å². The van der Waals surface area contributed by atoms with Gasteiger partial charge in [-0.25, -0.2) is 17.4 Å². The van der Waals surface area contributed by atoms with Crippen LogP contribution in [0.1, 0.15) is 17.0 Å². The van der Waals surface area contributed by atoms with Crippen LogP contribution in [-0.2, 0) is 29.5 Å². The van der Waals surface area contributed by atoms with E-state index in [0.717, 1.165) is 17.1 Å².